The molecule has 2 heterocycles. The van der Waals surface area contributed by atoms with Crippen LogP contribution in [0.25, 0.3) is 33.1 Å². The van der Waals surface area contributed by atoms with E-state index < -0.39 is 11.2 Å². The first-order valence-corrected chi connectivity index (χ1v) is 12.2. The monoisotopic (exact) mass is 499 g/mol. The minimum absolute atomic E-state index is 0.104. The molecule has 0 amide bonds. The van der Waals surface area contributed by atoms with Crippen molar-refractivity contribution in [1.82, 2.24) is 14.8 Å². The van der Waals surface area contributed by atoms with E-state index >= 15 is 4.39 Å². The van der Waals surface area contributed by atoms with Gasteiger partial charge in [-0.05, 0) is 63.9 Å². The van der Waals surface area contributed by atoms with Crippen molar-refractivity contribution in [3.8, 4) is 22.8 Å². The number of ether oxygens (including phenoxy) is 2. The number of nitrogens with one attached hydrogen (secondary N) is 1. The van der Waals surface area contributed by atoms with Crippen molar-refractivity contribution < 1.29 is 13.9 Å². The molecule has 190 valence electrons. The standard InChI is InChI=1S/C30H30FN3O3/c1-17-14-20(12-13-23(17)37-16-19-10-8-7-9-11-19)27-25-21(31)15-22(35)28(36-6)26(25)24-18(2)33-34(29(24)32-27)30(3,4)5/h7-15,33H,16H2,1-6H3. The molecule has 5 rings (SSSR count). The van der Waals surface area contributed by atoms with Gasteiger partial charge in [-0.3, -0.25) is 9.48 Å². The maximum Gasteiger partial charge on any atom is 0.223 e. The van der Waals surface area contributed by atoms with E-state index in [1.807, 2.05) is 67.1 Å². The lowest BCUT2D eigenvalue weighted by atomic mass is 9.98. The molecular weight excluding hydrogens is 469 g/mol. The van der Waals surface area contributed by atoms with Gasteiger partial charge < -0.3 is 14.6 Å². The summed E-state index contributed by atoms with van der Waals surface area (Å²) in [6.45, 7) is 10.5. The largest absolute Gasteiger partial charge is 0.492 e. The molecule has 0 saturated carbocycles. The number of fused-ring (bicyclic) bond motifs is 3. The van der Waals surface area contributed by atoms with Crippen LogP contribution in [-0.2, 0) is 12.1 Å². The number of halogens is 1. The molecule has 37 heavy (non-hydrogen) atoms. The number of aromatic amines is 1. The first-order valence-electron chi connectivity index (χ1n) is 12.2. The van der Waals surface area contributed by atoms with Gasteiger partial charge >= 0.3 is 0 Å². The first-order chi connectivity index (χ1) is 17.6. The van der Waals surface area contributed by atoms with Gasteiger partial charge in [-0.15, -0.1) is 0 Å². The van der Waals surface area contributed by atoms with E-state index in [1.165, 1.54) is 7.11 Å². The van der Waals surface area contributed by atoms with E-state index in [2.05, 4.69) is 25.9 Å². The Balaban J connectivity index is 1.75. The van der Waals surface area contributed by atoms with Crippen molar-refractivity contribution in [2.24, 2.45) is 0 Å². The zero-order valence-electron chi connectivity index (χ0n) is 21.9. The summed E-state index contributed by atoms with van der Waals surface area (Å²) < 4.78 is 29.1. The number of H-pyrrole nitrogens is 1. The van der Waals surface area contributed by atoms with Crippen LogP contribution in [0.15, 0.2) is 59.4 Å². The van der Waals surface area contributed by atoms with Gasteiger partial charge in [0.05, 0.1) is 23.7 Å². The van der Waals surface area contributed by atoms with E-state index in [-0.39, 0.29) is 16.7 Å². The Morgan fingerprint density at radius 2 is 1.73 bits per heavy atom. The number of aromatic nitrogens is 3. The van der Waals surface area contributed by atoms with Crippen LogP contribution in [0.3, 0.4) is 0 Å². The van der Waals surface area contributed by atoms with Crippen LogP contribution in [0.1, 0.15) is 37.6 Å². The van der Waals surface area contributed by atoms with Crippen molar-refractivity contribution in [1.29, 1.82) is 0 Å². The molecule has 0 fully saturated rings. The van der Waals surface area contributed by atoms with E-state index in [0.29, 0.717) is 28.7 Å². The fourth-order valence-corrected chi connectivity index (χ4v) is 4.79. The number of hydrogen-bond donors (Lipinski definition) is 1. The summed E-state index contributed by atoms with van der Waals surface area (Å²) in [4.78, 5) is 17.7. The summed E-state index contributed by atoms with van der Waals surface area (Å²) in [7, 11) is 1.43. The number of rotatable bonds is 5. The molecule has 0 atom stereocenters. The molecular formula is C30H30FN3O3. The first kappa shape index (κ1) is 24.6. The average molecular weight is 500 g/mol. The van der Waals surface area contributed by atoms with Crippen LogP contribution in [-0.4, -0.2) is 21.9 Å². The van der Waals surface area contributed by atoms with Crippen molar-refractivity contribution in [2.75, 3.05) is 7.11 Å². The number of aryl methyl sites for hydroxylation is 2. The van der Waals surface area contributed by atoms with Crippen LogP contribution in [0.2, 0.25) is 0 Å². The number of hydrogen-bond acceptors (Lipinski definition) is 4. The van der Waals surface area contributed by atoms with Crippen molar-refractivity contribution >= 4 is 21.8 Å². The van der Waals surface area contributed by atoms with Crippen LogP contribution in [0, 0.1) is 19.7 Å². The Labute approximate surface area is 214 Å². The van der Waals surface area contributed by atoms with E-state index in [4.69, 9.17) is 14.5 Å². The molecule has 1 N–H and O–H groups in total. The molecule has 6 nitrogen and oxygen atoms in total. The van der Waals surface area contributed by atoms with Gasteiger partial charge in [-0.2, -0.15) is 0 Å². The topological polar surface area (TPSA) is 69.1 Å². The summed E-state index contributed by atoms with van der Waals surface area (Å²) in [5.41, 5.74) is 3.68. The van der Waals surface area contributed by atoms with Gasteiger partial charge in [0.1, 0.15) is 18.2 Å². The predicted octanol–water partition coefficient (Wildman–Crippen LogP) is 6.64. The van der Waals surface area contributed by atoms with E-state index in [1.54, 1.807) is 0 Å². The fourth-order valence-electron chi connectivity index (χ4n) is 4.79. The van der Waals surface area contributed by atoms with E-state index in [9.17, 15) is 4.79 Å². The Hall–Kier alpha value is -4.13. The second-order valence-corrected chi connectivity index (χ2v) is 10.3. The highest BCUT2D eigenvalue weighted by Crippen LogP contribution is 2.40. The zero-order valence-corrected chi connectivity index (χ0v) is 21.9. The third kappa shape index (κ3) is 4.24. The highest BCUT2D eigenvalue weighted by atomic mass is 19.1. The van der Waals surface area contributed by atoms with Gasteiger partial charge in [0, 0.05) is 28.1 Å². The normalized spacial score (nSPS) is 11.9. The summed E-state index contributed by atoms with van der Waals surface area (Å²) >= 11 is 0. The van der Waals surface area contributed by atoms with Crippen molar-refractivity contribution in [3.05, 3.63) is 87.5 Å². The molecule has 0 unspecified atom stereocenters. The number of methoxy groups -OCH3 is 1. The lowest BCUT2D eigenvalue weighted by Crippen LogP contribution is -2.23. The molecule has 5 aromatic rings. The minimum atomic E-state index is -0.629. The van der Waals surface area contributed by atoms with Crippen molar-refractivity contribution in [2.45, 2.75) is 46.8 Å². The maximum atomic E-state index is 15.6. The Morgan fingerprint density at radius 1 is 1.00 bits per heavy atom. The molecule has 0 spiro atoms. The quantitative estimate of drug-likeness (QED) is 0.294. The van der Waals surface area contributed by atoms with Gasteiger partial charge in [0.2, 0.25) is 5.43 Å². The number of pyridine rings is 1. The lowest BCUT2D eigenvalue weighted by Gasteiger charge is -2.22. The van der Waals surface area contributed by atoms with Gasteiger partial charge in [0.15, 0.2) is 11.4 Å². The molecule has 0 saturated heterocycles. The van der Waals surface area contributed by atoms with E-state index in [0.717, 1.165) is 34.2 Å². The molecule has 0 aliphatic heterocycles. The maximum absolute atomic E-state index is 15.6. The second kappa shape index (κ2) is 9.07. The summed E-state index contributed by atoms with van der Waals surface area (Å²) in [5.74, 6) is 0.211. The number of nitrogens with zero attached hydrogens (tertiary/aromatic N) is 2. The lowest BCUT2D eigenvalue weighted by molar-refractivity contribution is 0.304. The third-order valence-electron chi connectivity index (χ3n) is 6.55. The summed E-state index contributed by atoms with van der Waals surface area (Å²) in [6.07, 6.45) is 0. The highest BCUT2D eigenvalue weighted by molar-refractivity contribution is 6.14. The smallest absolute Gasteiger partial charge is 0.223 e. The van der Waals surface area contributed by atoms with Crippen LogP contribution >= 0.6 is 0 Å². The molecule has 0 aliphatic rings. The zero-order chi connectivity index (χ0) is 26.5. The predicted molar refractivity (Wildman–Crippen MR) is 145 cm³/mol. The Bertz CT molecular complexity index is 1700. The van der Waals surface area contributed by atoms with Gasteiger partial charge in [-0.25, -0.2) is 9.37 Å². The van der Waals surface area contributed by atoms with Gasteiger partial charge in [0.25, 0.3) is 0 Å². The fraction of sp³-hybridized carbons (Fsp3) is 0.267. The molecule has 2 aromatic heterocycles. The van der Waals surface area contributed by atoms with Crippen molar-refractivity contribution in [3.63, 3.8) is 0 Å². The minimum Gasteiger partial charge on any atom is -0.492 e. The highest BCUT2D eigenvalue weighted by Gasteiger charge is 2.26. The molecule has 0 aliphatic carbocycles. The third-order valence-corrected chi connectivity index (χ3v) is 6.55. The summed E-state index contributed by atoms with van der Waals surface area (Å²) in [5, 5.41) is 4.71. The molecule has 7 heteroatoms. The summed E-state index contributed by atoms with van der Waals surface area (Å²) in [6, 6.07) is 16.6. The second-order valence-electron chi connectivity index (χ2n) is 10.3. The number of benzene rings is 3. The van der Waals surface area contributed by atoms with Gasteiger partial charge in [-0.1, -0.05) is 30.3 Å². The SMILES string of the molecule is COc1c(=O)cc(F)c2c(-c3ccc(OCc4ccccc4)c(C)c3)nc3c(c(C)[nH]n3C(C)(C)C)c12. The van der Waals surface area contributed by atoms with Crippen LogP contribution in [0.5, 0.6) is 11.5 Å². The molecule has 0 bridgehead atoms. The Morgan fingerprint density at radius 3 is 2.38 bits per heavy atom. The average Bonchev–Trinajstić information content (AvgIpc) is 3.20. The van der Waals surface area contributed by atoms with Crippen LogP contribution < -0.4 is 14.9 Å². The molecule has 3 aromatic carbocycles. The van der Waals surface area contributed by atoms with Crippen LogP contribution in [0.4, 0.5) is 4.39 Å². The Kier molecular flexibility index (Phi) is 6.02. The molecule has 0 radical (unpaired) electrons.